The Balaban J connectivity index is 0.00000192. The highest BCUT2D eigenvalue weighted by molar-refractivity contribution is 5.99. The maximum atomic E-state index is 13.7. The summed E-state index contributed by atoms with van der Waals surface area (Å²) in [6.45, 7) is 1.49. The van der Waals surface area contributed by atoms with E-state index in [1.807, 2.05) is 30.3 Å². The summed E-state index contributed by atoms with van der Waals surface area (Å²) in [5.41, 5.74) is 3.02. The van der Waals surface area contributed by atoms with Crippen LogP contribution in [0.4, 0.5) is 4.39 Å². The van der Waals surface area contributed by atoms with E-state index in [2.05, 4.69) is 4.99 Å². The van der Waals surface area contributed by atoms with Crippen molar-refractivity contribution in [2.24, 2.45) is 10.8 Å². The number of amidine groups is 1. The summed E-state index contributed by atoms with van der Waals surface area (Å²) in [6.07, 6.45) is 0.667. The third-order valence-corrected chi connectivity index (χ3v) is 3.71. The van der Waals surface area contributed by atoms with Gasteiger partial charge in [0.15, 0.2) is 11.6 Å². The molecule has 3 rings (SSSR count). The maximum absolute atomic E-state index is 13.7. The summed E-state index contributed by atoms with van der Waals surface area (Å²) < 4.78 is 18.6. The van der Waals surface area contributed by atoms with Gasteiger partial charge in [-0.2, -0.15) is 0 Å². The SMILES string of the molecule is COc1ccc(Cc2ccc(C3=NCCN3N)cc2)cc1F.Cl. The first-order chi connectivity index (χ1) is 10.7. The van der Waals surface area contributed by atoms with Crippen LogP contribution in [0.3, 0.4) is 0 Å². The topological polar surface area (TPSA) is 50.8 Å². The fourth-order valence-corrected chi connectivity index (χ4v) is 2.54. The third kappa shape index (κ3) is 3.81. The average Bonchev–Trinajstić information content (AvgIpc) is 2.94. The predicted octanol–water partition coefficient (Wildman–Crippen LogP) is 2.78. The van der Waals surface area contributed by atoms with Crippen molar-refractivity contribution in [2.45, 2.75) is 6.42 Å². The Kier molecular flexibility index (Phi) is 5.58. The molecule has 0 unspecified atom stereocenters. The molecule has 0 saturated heterocycles. The molecule has 0 aromatic heterocycles. The highest BCUT2D eigenvalue weighted by Gasteiger charge is 2.14. The van der Waals surface area contributed by atoms with Crippen LogP contribution in [0.5, 0.6) is 5.75 Å². The molecule has 122 valence electrons. The van der Waals surface area contributed by atoms with Crippen molar-refractivity contribution in [1.82, 2.24) is 5.01 Å². The van der Waals surface area contributed by atoms with Gasteiger partial charge in [-0.15, -0.1) is 12.4 Å². The van der Waals surface area contributed by atoms with Gasteiger partial charge in [-0.25, -0.2) is 10.2 Å². The number of nitrogens with zero attached hydrogens (tertiary/aromatic N) is 2. The molecule has 6 heteroatoms. The zero-order valence-electron chi connectivity index (χ0n) is 12.8. The average molecular weight is 336 g/mol. The zero-order chi connectivity index (χ0) is 15.5. The van der Waals surface area contributed by atoms with E-state index in [9.17, 15) is 4.39 Å². The van der Waals surface area contributed by atoms with Gasteiger partial charge in [0, 0.05) is 5.56 Å². The van der Waals surface area contributed by atoms with Crippen LogP contribution >= 0.6 is 12.4 Å². The van der Waals surface area contributed by atoms with Crippen molar-refractivity contribution in [2.75, 3.05) is 20.2 Å². The number of rotatable bonds is 4. The molecule has 0 atom stereocenters. The van der Waals surface area contributed by atoms with Crippen molar-refractivity contribution >= 4 is 18.2 Å². The Bertz CT molecular complexity index is 703. The lowest BCUT2D eigenvalue weighted by Gasteiger charge is -2.13. The normalized spacial score (nSPS) is 13.5. The molecule has 0 saturated carbocycles. The van der Waals surface area contributed by atoms with Gasteiger partial charge < -0.3 is 4.74 Å². The van der Waals surface area contributed by atoms with E-state index in [4.69, 9.17) is 10.6 Å². The van der Waals surface area contributed by atoms with E-state index in [0.717, 1.165) is 35.6 Å². The number of aliphatic imine (C=N–C) groups is 1. The molecule has 0 amide bonds. The number of benzene rings is 2. The van der Waals surface area contributed by atoms with Crippen LogP contribution in [0.15, 0.2) is 47.5 Å². The second-order valence-electron chi connectivity index (χ2n) is 5.24. The summed E-state index contributed by atoms with van der Waals surface area (Å²) in [5, 5.41) is 1.66. The van der Waals surface area contributed by atoms with E-state index in [1.165, 1.54) is 13.2 Å². The molecule has 1 aliphatic rings. The van der Waals surface area contributed by atoms with E-state index >= 15 is 0 Å². The van der Waals surface area contributed by atoms with Gasteiger partial charge in [0.1, 0.15) is 5.84 Å². The number of hydrogen-bond donors (Lipinski definition) is 1. The molecule has 2 aromatic rings. The molecule has 1 heterocycles. The zero-order valence-corrected chi connectivity index (χ0v) is 13.6. The van der Waals surface area contributed by atoms with Crippen molar-refractivity contribution in [3.8, 4) is 5.75 Å². The molecule has 0 spiro atoms. The molecule has 0 fully saturated rings. The number of ether oxygens (including phenoxy) is 1. The van der Waals surface area contributed by atoms with Gasteiger partial charge in [-0.05, 0) is 29.7 Å². The minimum Gasteiger partial charge on any atom is -0.494 e. The van der Waals surface area contributed by atoms with Crippen molar-refractivity contribution in [3.05, 3.63) is 65.0 Å². The molecule has 4 nitrogen and oxygen atoms in total. The number of methoxy groups -OCH3 is 1. The lowest BCUT2D eigenvalue weighted by molar-refractivity contribution is 0.386. The van der Waals surface area contributed by atoms with Gasteiger partial charge in [0.05, 0.1) is 20.2 Å². The smallest absolute Gasteiger partial charge is 0.165 e. The summed E-state index contributed by atoms with van der Waals surface area (Å²) >= 11 is 0. The predicted molar refractivity (Wildman–Crippen MR) is 91.7 cm³/mol. The second kappa shape index (κ2) is 7.44. The first-order valence-corrected chi connectivity index (χ1v) is 7.16. The molecule has 1 aliphatic heterocycles. The number of nitrogens with two attached hydrogens (primary N) is 1. The fraction of sp³-hybridized carbons (Fsp3) is 0.235. The minimum atomic E-state index is -0.337. The number of hydrazine groups is 1. The molecule has 23 heavy (non-hydrogen) atoms. The Morgan fingerprint density at radius 3 is 2.43 bits per heavy atom. The number of hydrogen-bond acceptors (Lipinski definition) is 4. The Labute approximate surface area is 141 Å². The summed E-state index contributed by atoms with van der Waals surface area (Å²) in [4.78, 5) is 4.39. The van der Waals surface area contributed by atoms with E-state index in [1.54, 1.807) is 11.1 Å². The largest absolute Gasteiger partial charge is 0.494 e. The lowest BCUT2D eigenvalue weighted by Crippen LogP contribution is -2.34. The first-order valence-electron chi connectivity index (χ1n) is 7.16. The van der Waals surface area contributed by atoms with Crippen molar-refractivity contribution in [1.29, 1.82) is 0 Å². The molecular weight excluding hydrogens is 317 g/mol. The van der Waals surface area contributed by atoms with Gasteiger partial charge >= 0.3 is 0 Å². The molecule has 0 radical (unpaired) electrons. The van der Waals surface area contributed by atoms with Gasteiger partial charge in [-0.3, -0.25) is 10.0 Å². The van der Waals surface area contributed by atoms with Crippen LogP contribution in [0, 0.1) is 5.82 Å². The van der Waals surface area contributed by atoms with Gasteiger partial charge in [0.2, 0.25) is 0 Å². The monoisotopic (exact) mass is 335 g/mol. The lowest BCUT2D eigenvalue weighted by atomic mass is 10.0. The Morgan fingerprint density at radius 1 is 1.17 bits per heavy atom. The third-order valence-electron chi connectivity index (χ3n) is 3.71. The van der Waals surface area contributed by atoms with Crippen LogP contribution in [0.1, 0.15) is 16.7 Å². The highest BCUT2D eigenvalue weighted by Crippen LogP contribution is 2.20. The second-order valence-corrected chi connectivity index (χ2v) is 5.24. The molecular formula is C17H19ClFN3O. The summed E-state index contributed by atoms with van der Waals surface area (Å²) in [5.74, 6) is 6.61. The van der Waals surface area contributed by atoms with E-state index < -0.39 is 0 Å². The van der Waals surface area contributed by atoms with E-state index in [0.29, 0.717) is 6.42 Å². The standard InChI is InChI=1S/C17H18FN3O.ClH/c1-22-16-7-4-13(11-15(16)18)10-12-2-5-14(6-3-12)17-20-8-9-21(17)19;/h2-7,11H,8-10,19H2,1H3;1H. The van der Waals surface area contributed by atoms with Crippen LogP contribution in [-0.2, 0) is 6.42 Å². The van der Waals surface area contributed by atoms with Crippen LogP contribution in [0.25, 0.3) is 0 Å². The van der Waals surface area contributed by atoms with E-state index in [-0.39, 0.29) is 24.0 Å². The molecule has 0 bridgehead atoms. The van der Waals surface area contributed by atoms with Crippen LogP contribution in [-0.4, -0.2) is 31.0 Å². The quantitative estimate of drug-likeness (QED) is 0.874. The van der Waals surface area contributed by atoms with Crippen LogP contribution < -0.4 is 10.6 Å². The van der Waals surface area contributed by atoms with Gasteiger partial charge in [0.25, 0.3) is 0 Å². The molecule has 0 aliphatic carbocycles. The minimum absolute atomic E-state index is 0. The molecule has 2 aromatic carbocycles. The highest BCUT2D eigenvalue weighted by atomic mass is 35.5. The maximum Gasteiger partial charge on any atom is 0.165 e. The summed E-state index contributed by atoms with van der Waals surface area (Å²) in [6, 6.07) is 13.1. The molecule has 2 N–H and O–H groups in total. The van der Waals surface area contributed by atoms with Crippen LogP contribution in [0.2, 0.25) is 0 Å². The number of halogens is 2. The Hall–Kier alpha value is -2.11. The summed E-state index contributed by atoms with van der Waals surface area (Å²) in [7, 11) is 1.46. The van der Waals surface area contributed by atoms with Crippen molar-refractivity contribution < 1.29 is 9.13 Å². The van der Waals surface area contributed by atoms with Crippen molar-refractivity contribution in [3.63, 3.8) is 0 Å². The Morgan fingerprint density at radius 2 is 1.87 bits per heavy atom. The first kappa shape index (κ1) is 17.2. The fourth-order valence-electron chi connectivity index (χ4n) is 2.54. The van der Waals surface area contributed by atoms with Gasteiger partial charge in [-0.1, -0.05) is 30.3 Å².